The third kappa shape index (κ3) is 11.4. The van der Waals surface area contributed by atoms with Gasteiger partial charge in [-0.1, -0.05) is 6.92 Å². The summed E-state index contributed by atoms with van der Waals surface area (Å²) in [7, 11) is 0.989. The van der Waals surface area contributed by atoms with E-state index in [2.05, 4.69) is 5.32 Å². The molecule has 2 rings (SSSR count). The molecular weight excluding hydrogens is 650 g/mol. The Morgan fingerprint density at radius 2 is 1.12 bits per heavy atom. The van der Waals surface area contributed by atoms with Crippen molar-refractivity contribution in [3.05, 3.63) is 0 Å². The number of carbonyl (C=O) groups is 8. The van der Waals surface area contributed by atoms with Crippen molar-refractivity contribution in [2.75, 3.05) is 13.7 Å². The van der Waals surface area contributed by atoms with Crippen LogP contribution in [0.1, 0.15) is 61.3 Å². The second-order valence-corrected chi connectivity index (χ2v) is 10.6. The Kier molecular flexibility index (Phi) is 15.1. The fourth-order valence-corrected chi connectivity index (χ4v) is 4.98. The van der Waals surface area contributed by atoms with Gasteiger partial charge in [-0.2, -0.15) is 0 Å². The highest BCUT2D eigenvalue weighted by Crippen LogP contribution is 2.35. The summed E-state index contributed by atoms with van der Waals surface area (Å²) in [4.78, 5) is 98.6. The van der Waals surface area contributed by atoms with E-state index in [9.17, 15) is 38.4 Å². The summed E-state index contributed by atoms with van der Waals surface area (Å²) >= 11 is 0. The van der Waals surface area contributed by atoms with Crippen LogP contribution in [-0.2, 0) is 85.7 Å². The van der Waals surface area contributed by atoms with Crippen molar-refractivity contribution in [1.29, 1.82) is 0 Å². The first kappa shape index (κ1) is 39.8. The lowest BCUT2D eigenvalue weighted by Crippen LogP contribution is -2.70. The second-order valence-electron chi connectivity index (χ2n) is 10.6. The zero-order chi connectivity index (χ0) is 36.3. The van der Waals surface area contributed by atoms with Crippen LogP contribution in [-0.4, -0.2) is 123 Å². The first-order chi connectivity index (χ1) is 22.5. The van der Waals surface area contributed by atoms with E-state index < -0.39 is 116 Å². The molecule has 19 nitrogen and oxygen atoms in total. The highest BCUT2D eigenvalue weighted by atomic mass is 16.8. The molecule has 2 aliphatic rings. The van der Waals surface area contributed by atoms with Crippen molar-refractivity contribution in [3.63, 3.8) is 0 Å². The fourth-order valence-electron chi connectivity index (χ4n) is 4.98. The van der Waals surface area contributed by atoms with Crippen molar-refractivity contribution in [1.82, 2.24) is 5.32 Å². The maximum Gasteiger partial charge on any atom is 0.339 e. The lowest BCUT2D eigenvalue weighted by atomic mass is 9.94. The van der Waals surface area contributed by atoms with Crippen LogP contribution in [0.5, 0.6) is 0 Å². The molecular formula is C29H41NO18. The molecule has 0 spiro atoms. The van der Waals surface area contributed by atoms with Crippen LogP contribution in [0.15, 0.2) is 0 Å². The summed E-state index contributed by atoms with van der Waals surface area (Å²) in [5, 5.41) is 2.61. The van der Waals surface area contributed by atoms with Crippen LogP contribution < -0.4 is 5.32 Å². The first-order valence-electron chi connectivity index (χ1n) is 14.8. The number of esters is 7. The molecule has 0 radical (unpaired) electrons. The number of methoxy groups -OCH3 is 1. The molecule has 270 valence electrons. The minimum absolute atomic E-state index is 0.0237. The Hall–Kier alpha value is -4.36. The normalized spacial score (nSPS) is 29.7. The lowest BCUT2D eigenvalue weighted by Gasteiger charge is -2.48. The quantitative estimate of drug-likeness (QED) is 0.182. The van der Waals surface area contributed by atoms with Gasteiger partial charge >= 0.3 is 41.8 Å². The van der Waals surface area contributed by atoms with Gasteiger partial charge in [-0.25, -0.2) is 4.79 Å². The predicted molar refractivity (Wildman–Crippen MR) is 152 cm³/mol. The van der Waals surface area contributed by atoms with E-state index in [1.54, 1.807) is 6.92 Å². The first-order valence-corrected chi connectivity index (χ1v) is 14.8. The summed E-state index contributed by atoms with van der Waals surface area (Å²) in [5.41, 5.74) is 0. The lowest BCUT2D eigenvalue weighted by molar-refractivity contribution is -0.340. The number of ether oxygens (including phenoxy) is 10. The molecule has 0 aliphatic carbocycles. The van der Waals surface area contributed by atoms with Gasteiger partial charge in [-0.3, -0.25) is 33.6 Å². The van der Waals surface area contributed by atoms with Crippen molar-refractivity contribution in [2.45, 2.75) is 123 Å². The van der Waals surface area contributed by atoms with Crippen molar-refractivity contribution >= 4 is 47.7 Å². The van der Waals surface area contributed by atoms with Gasteiger partial charge in [-0.05, 0) is 6.42 Å². The topological polar surface area (TPSA) is 241 Å². The smallest absolute Gasteiger partial charge is 0.339 e. The van der Waals surface area contributed by atoms with Crippen LogP contribution in [0.3, 0.4) is 0 Å². The van der Waals surface area contributed by atoms with Crippen molar-refractivity contribution in [3.8, 4) is 0 Å². The largest absolute Gasteiger partial charge is 0.467 e. The molecule has 2 fully saturated rings. The zero-order valence-electron chi connectivity index (χ0n) is 27.7. The van der Waals surface area contributed by atoms with Gasteiger partial charge in [0.25, 0.3) is 0 Å². The maximum atomic E-state index is 12.9. The highest BCUT2D eigenvalue weighted by Gasteiger charge is 2.59. The van der Waals surface area contributed by atoms with Crippen LogP contribution in [0.25, 0.3) is 0 Å². The number of rotatable bonds is 13. The molecule has 1 unspecified atom stereocenters. The summed E-state index contributed by atoms with van der Waals surface area (Å²) in [6, 6.07) is -1.50. The van der Waals surface area contributed by atoms with Gasteiger partial charge in [0, 0.05) is 48.0 Å². The van der Waals surface area contributed by atoms with E-state index in [-0.39, 0.29) is 6.42 Å². The zero-order valence-corrected chi connectivity index (χ0v) is 27.7. The minimum atomic E-state index is -1.94. The molecule has 0 saturated carbocycles. The van der Waals surface area contributed by atoms with Gasteiger partial charge in [0.05, 0.1) is 7.11 Å². The predicted octanol–water partition coefficient (Wildman–Crippen LogP) is -0.868. The molecule has 2 heterocycles. The Labute approximate surface area is 275 Å². The fraction of sp³-hybridized carbons (Fsp3) is 0.724. The highest BCUT2D eigenvalue weighted by molar-refractivity contribution is 5.77. The Morgan fingerprint density at radius 3 is 1.62 bits per heavy atom. The minimum Gasteiger partial charge on any atom is -0.467 e. The molecule has 2 saturated heterocycles. The SMILES string of the molecule is CCCC(=O)N[C@H]1C(OC(C)=O)O[C@H](COC(C)=O)[C@H](OC(C)=O)[C@@H]1O[C@@H]1O[C@H](C(=O)OC)[C@@H](OC(C)=O)[C@H](OC(C)=O)[C@H]1OC(C)=O. The van der Waals surface area contributed by atoms with E-state index in [0.717, 1.165) is 48.7 Å². The Morgan fingerprint density at radius 1 is 0.604 bits per heavy atom. The third-order valence-corrected chi connectivity index (χ3v) is 6.61. The average Bonchev–Trinajstić information content (AvgIpc) is 2.96. The van der Waals surface area contributed by atoms with Crippen molar-refractivity contribution < 1.29 is 85.7 Å². The van der Waals surface area contributed by atoms with Gasteiger partial charge in [-0.15, -0.1) is 0 Å². The molecule has 0 aromatic rings. The molecule has 0 bridgehead atoms. The monoisotopic (exact) mass is 691 g/mol. The number of nitrogens with one attached hydrogen (secondary N) is 1. The number of hydrogen-bond acceptors (Lipinski definition) is 18. The van der Waals surface area contributed by atoms with Crippen LogP contribution in [0.2, 0.25) is 0 Å². The summed E-state index contributed by atoms with van der Waals surface area (Å²) in [6.07, 6.45) is -15.0. The van der Waals surface area contributed by atoms with Gasteiger partial charge in [0.15, 0.2) is 36.8 Å². The van der Waals surface area contributed by atoms with Crippen LogP contribution in [0.4, 0.5) is 0 Å². The summed E-state index contributed by atoms with van der Waals surface area (Å²) in [6.45, 7) is 7.30. The van der Waals surface area contributed by atoms with Crippen molar-refractivity contribution in [2.24, 2.45) is 0 Å². The second kappa shape index (κ2) is 18.3. The van der Waals surface area contributed by atoms with E-state index in [0.29, 0.717) is 6.42 Å². The molecule has 0 aromatic carbocycles. The molecule has 48 heavy (non-hydrogen) atoms. The van der Waals surface area contributed by atoms with Crippen LogP contribution in [0, 0.1) is 0 Å². The van der Waals surface area contributed by atoms with E-state index in [1.807, 2.05) is 0 Å². The molecule has 1 N–H and O–H groups in total. The third-order valence-electron chi connectivity index (χ3n) is 6.61. The number of carbonyl (C=O) groups excluding carboxylic acids is 8. The van der Waals surface area contributed by atoms with E-state index >= 15 is 0 Å². The van der Waals surface area contributed by atoms with Crippen LogP contribution >= 0.6 is 0 Å². The number of hydrogen-bond donors (Lipinski definition) is 1. The summed E-state index contributed by atoms with van der Waals surface area (Å²) < 4.78 is 54.7. The maximum absolute atomic E-state index is 12.9. The number of amides is 1. The molecule has 1 amide bonds. The van der Waals surface area contributed by atoms with Gasteiger partial charge < -0.3 is 52.7 Å². The standard InChI is InChI=1S/C29H41NO18/c1-9-10-19(37)30-20-22(21(41-13(3)32)18(11-40-12(2)31)46-28(20)45-17(7)36)47-29-26(44-16(6)35)24(43-15(5)34)23(42-14(4)33)25(48-29)27(38)39-8/h18,20-26,28-29H,9-11H2,1-8H3,(H,30,37)/t18-,20-,21+,22-,23+,24+,25+,26-,28?,29-/m1/s1. The van der Waals surface area contributed by atoms with Gasteiger partial charge in [0.1, 0.15) is 24.9 Å². The Balaban J connectivity index is 2.80. The molecule has 10 atom stereocenters. The van der Waals surface area contributed by atoms with E-state index in [1.165, 1.54) is 0 Å². The Bertz CT molecular complexity index is 1220. The van der Waals surface area contributed by atoms with E-state index in [4.69, 9.17) is 47.4 Å². The molecule has 19 heteroatoms. The molecule has 2 aliphatic heterocycles. The summed E-state index contributed by atoms with van der Waals surface area (Å²) in [5.74, 6) is -7.09. The average molecular weight is 692 g/mol. The van der Waals surface area contributed by atoms with Gasteiger partial charge in [0.2, 0.25) is 12.2 Å². The molecule has 0 aromatic heterocycles.